The van der Waals surface area contributed by atoms with Gasteiger partial charge in [-0.15, -0.1) is 0 Å². The Morgan fingerprint density at radius 3 is 2.50 bits per heavy atom. The van der Waals surface area contributed by atoms with Gasteiger partial charge in [0, 0.05) is 50.8 Å². The Morgan fingerprint density at radius 2 is 1.81 bits per heavy atom. The molecule has 8 heteroatoms. The van der Waals surface area contributed by atoms with Crippen LogP contribution in [0.1, 0.15) is 48.8 Å². The first kappa shape index (κ1) is 22.0. The number of carbonyl (C=O) groups is 2. The Bertz CT molecular complexity index is 1130. The molecule has 168 valence electrons. The number of fused-ring (bicyclic) bond motifs is 1. The molecule has 1 fully saturated rings. The maximum Gasteiger partial charge on any atom is 0.219 e. The van der Waals surface area contributed by atoms with Crippen LogP contribution in [0.2, 0.25) is 0 Å². The molecule has 1 aliphatic heterocycles. The van der Waals surface area contributed by atoms with Crippen LogP contribution in [0.4, 0.5) is 5.82 Å². The van der Waals surface area contributed by atoms with E-state index in [1.807, 2.05) is 17.0 Å². The predicted molar refractivity (Wildman–Crippen MR) is 122 cm³/mol. The average Bonchev–Trinajstić information content (AvgIpc) is 3.07. The fraction of sp³-hybridized carbons (Fsp3) is 0.417. The predicted octanol–water partition coefficient (Wildman–Crippen LogP) is 2.44. The number of rotatable bonds is 5. The van der Waals surface area contributed by atoms with Crippen molar-refractivity contribution in [3.05, 3.63) is 59.4 Å². The van der Waals surface area contributed by atoms with Gasteiger partial charge in [-0.25, -0.2) is 4.98 Å². The summed E-state index contributed by atoms with van der Waals surface area (Å²) in [6.07, 6.45) is 2.74. The number of amides is 1. The van der Waals surface area contributed by atoms with Crippen molar-refractivity contribution in [2.24, 2.45) is 0 Å². The number of aromatic nitrogens is 3. The van der Waals surface area contributed by atoms with E-state index in [-0.39, 0.29) is 18.1 Å². The van der Waals surface area contributed by atoms with Gasteiger partial charge in [0.25, 0.3) is 0 Å². The zero-order chi connectivity index (χ0) is 22.9. The van der Waals surface area contributed by atoms with E-state index in [1.54, 1.807) is 55.7 Å². The van der Waals surface area contributed by atoms with Gasteiger partial charge in [-0.05, 0) is 25.8 Å². The molecule has 32 heavy (non-hydrogen) atoms. The minimum Gasteiger partial charge on any atom is -0.386 e. The van der Waals surface area contributed by atoms with Crippen molar-refractivity contribution in [3.8, 4) is 0 Å². The van der Waals surface area contributed by atoms with Gasteiger partial charge in [0.2, 0.25) is 5.91 Å². The Hall–Kier alpha value is -3.26. The molecule has 1 aromatic carbocycles. The minimum absolute atomic E-state index is 0.0340. The number of Topliss-reactive ketones (excluding diaryl/α,β-unsaturated/α-hetero) is 1. The lowest BCUT2D eigenvalue weighted by molar-refractivity contribution is -0.128. The molecule has 4 rings (SSSR count). The first-order chi connectivity index (χ1) is 15.2. The summed E-state index contributed by atoms with van der Waals surface area (Å²) in [7, 11) is 0. The van der Waals surface area contributed by atoms with Gasteiger partial charge in [-0.1, -0.05) is 24.3 Å². The summed E-state index contributed by atoms with van der Waals surface area (Å²) in [4.78, 5) is 33.4. The van der Waals surface area contributed by atoms with Crippen LogP contribution < -0.4 is 4.90 Å². The van der Waals surface area contributed by atoms with Crippen LogP contribution in [0.3, 0.4) is 0 Å². The summed E-state index contributed by atoms with van der Waals surface area (Å²) in [6.45, 7) is 7.93. The van der Waals surface area contributed by atoms with Gasteiger partial charge in [0.1, 0.15) is 5.82 Å². The second-order valence-corrected chi connectivity index (χ2v) is 8.79. The smallest absolute Gasteiger partial charge is 0.219 e. The van der Waals surface area contributed by atoms with Crippen molar-refractivity contribution in [2.75, 3.05) is 31.1 Å². The van der Waals surface area contributed by atoms with Gasteiger partial charge in [0.15, 0.2) is 11.4 Å². The van der Waals surface area contributed by atoms with Crippen LogP contribution in [0, 0.1) is 0 Å². The molecule has 1 N–H and O–H groups in total. The largest absolute Gasteiger partial charge is 0.386 e. The fourth-order valence-corrected chi connectivity index (χ4v) is 4.05. The van der Waals surface area contributed by atoms with Crippen LogP contribution in [0.25, 0.3) is 5.65 Å². The summed E-state index contributed by atoms with van der Waals surface area (Å²) in [5.41, 5.74) is 1.76. The topological polar surface area (TPSA) is 91.0 Å². The molecule has 2 aromatic heterocycles. The van der Waals surface area contributed by atoms with Crippen LogP contribution in [0.15, 0.2) is 42.6 Å². The summed E-state index contributed by atoms with van der Waals surface area (Å²) in [5.74, 6) is 0.937. The number of ketones is 1. The van der Waals surface area contributed by atoms with Crippen molar-refractivity contribution in [3.63, 3.8) is 0 Å². The molecule has 0 spiro atoms. The minimum atomic E-state index is -0.948. The molecule has 0 bridgehead atoms. The number of carbonyl (C=O) groups excluding carboxylic acids is 2. The second-order valence-electron chi connectivity index (χ2n) is 8.79. The van der Waals surface area contributed by atoms with Crippen LogP contribution in [-0.2, 0) is 16.8 Å². The van der Waals surface area contributed by atoms with E-state index >= 15 is 0 Å². The Balaban J connectivity index is 1.58. The standard InChI is InChI=1S/C24H29N5O3/c1-17(30)27-11-4-12-28(14-13-27)23-16-20(26-22-9-10-25-29(22)23)15-21(31)18-5-7-19(8-6-18)24(2,3)32/h5-10,16,32H,4,11-15H2,1-3H3. The first-order valence-corrected chi connectivity index (χ1v) is 10.9. The van der Waals surface area contributed by atoms with Gasteiger partial charge in [-0.3, -0.25) is 9.59 Å². The summed E-state index contributed by atoms with van der Waals surface area (Å²) >= 11 is 0. The molecular weight excluding hydrogens is 406 g/mol. The molecule has 0 unspecified atom stereocenters. The highest BCUT2D eigenvalue weighted by molar-refractivity contribution is 5.97. The lowest BCUT2D eigenvalue weighted by Crippen LogP contribution is -2.34. The van der Waals surface area contributed by atoms with Gasteiger partial charge in [0.05, 0.1) is 23.9 Å². The van der Waals surface area contributed by atoms with Crippen molar-refractivity contribution in [1.82, 2.24) is 19.5 Å². The number of hydrogen-bond acceptors (Lipinski definition) is 6. The molecular formula is C24H29N5O3. The molecule has 1 saturated heterocycles. The quantitative estimate of drug-likeness (QED) is 0.619. The highest BCUT2D eigenvalue weighted by Gasteiger charge is 2.21. The molecule has 3 aromatic rings. The lowest BCUT2D eigenvalue weighted by Gasteiger charge is -2.24. The number of anilines is 1. The molecule has 0 aliphatic carbocycles. The SMILES string of the molecule is CC(=O)N1CCCN(c2cc(CC(=O)c3ccc(C(C)(C)O)cc3)nc3ccnn23)CC1. The van der Waals surface area contributed by atoms with E-state index in [0.717, 1.165) is 30.9 Å². The molecule has 0 saturated carbocycles. The monoisotopic (exact) mass is 435 g/mol. The Morgan fingerprint density at radius 1 is 1.06 bits per heavy atom. The average molecular weight is 436 g/mol. The maximum absolute atomic E-state index is 12.9. The summed E-state index contributed by atoms with van der Waals surface area (Å²) in [6, 6.07) is 10.8. The van der Waals surface area contributed by atoms with Crippen molar-refractivity contribution < 1.29 is 14.7 Å². The van der Waals surface area contributed by atoms with Crippen LogP contribution in [-0.4, -0.2) is 62.5 Å². The molecule has 3 heterocycles. The van der Waals surface area contributed by atoms with E-state index in [2.05, 4.69) is 15.0 Å². The molecule has 0 radical (unpaired) electrons. The number of aliphatic hydroxyl groups is 1. The van der Waals surface area contributed by atoms with Crippen LogP contribution >= 0.6 is 0 Å². The molecule has 0 atom stereocenters. The number of hydrogen-bond donors (Lipinski definition) is 1. The molecule has 1 amide bonds. The lowest BCUT2D eigenvalue weighted by atomic mass is 9.96. The molecule has 1 aliphatic rings. The Labute approximate surface area is 187 Å². The maximum atomic E-state index is 12.9. The van der Waals surface area contributed by atoms with E-state index in [1.165, 1.54) is 0 Å². The highest BCUT2D eigenvalue weighted by atomic mass is 16.3. The third-order valence-corrected chi connectivity index (χ3v) is 5.91. The highest BCUT2D eigenvalue weighted by Crippen LogP contribution is 2.22. The third kappa shape index (κ3) is 4.65. The van der Waals surface area contributed by atoms with Gasteiger partial charge >= 0.3 is 0 Å². The summed E-state index contributed by atoms with van der Waals surface area (Å²) < 4.78 is 1.79. The Kier molecular flexibility index (Phi) is 5.97. The second kappa shape index (κ2) is 8.70. The first-order valence-electron chi connectivity index (χ1n) is 10.9. The zero-order valence-electron chi connectivity index (χ0n) is 18.8. The fourth-order valence-electron chi connectivity index (χ4n) is 4.05. The third-order valence-electron chi connectivity index (χ3n) is 5.91. The van der Waals surface area contributed by atoms with Gasteiger partial charge < -0.3 is 14.9 Å². The van der Waals surface area contributed by atoms with Gasteiger partial charge in [-0.2, -0.15) is 9.61 Å². The zero-order valence-corrected chi connectivity index (χ0v) is 18.8. The van der Waals surface area contributed by atoms with Crippen LogP contribution in [0.5, 0.6) is 0 Å². The summed E-state index contributed by atoms with van der Waals surface area (Å²) in [5, 5.41) is 14.5. The molecule has 8 nitrogen and oxygen atoms in total. The number of benzene rings is 1. The van der Waals surface area contributed by atoms with E-state index in [4.69, 9.17) is 0 Å². The van der Waals surface area contributed by atoms with Crippen molar-refractivity contribution >= 4 is 23.2 Å². The van der Waals surface area contributed by atoms with Crippen molar-refractivity contribution in [2.45, 2.75) is 39.2 Å². The van der Waals surface area contributed by atoms with E-state index in [9.17, 15) is 14.7 Å². The number of nitrogens with zero attached hydrogens (tertiary/aromatic N) is 5. The van der Waals surface area contributed by atoms with Crippen molar-refractivity contribution in [1.29, 1.82) is 0 Å². The van der Waals surface area contributed by atoms with E-state index < -0.39 is 5.60 Å². The van der Waals surface area contributed by atoms with E-state index in [0.29, 0.717) is 30.0 Å². The normalized spacial score (nSPS) is 15.1.